The fourth-order valence-corrected chi connectivity index (χ4v) is 4.13. The lowest BCUT2D eigenvalue weighted by molar-refractivity contribution is 0.281. The van der Waals surface area contributed by atoms with Gasteiger partial charge in [0.15, 0.2) is 0 Å². The Bertz CT molecular complexity index is 591. The first-order valence-electron chi connectivity index (χ1n) is 7.41. The average molecular weight is 311 g/mol. The summed E-state index contributed by atoms with van der Waals surface area (Å²) in [6.07, 6.45) is 3.56. The van der Waals surface area contributed by atoms with Crippen LogP contribution in [-0.4, -0.2) is 21.5 Å². The number of sulfonamides is 1. The molecule has 2 rings (SSSR count). The number of nitrogens with one attached hydrogen (secondary N) is 2. The van der Waals surface area contributed by atoms with Crippen LogP contribution < -0.4 is 15.8 Å². The van der Waals surface area contributed by atoms with Gasteiger partial charge in [0.2, 0.25) is 10.0 Å². The summed E-state index contributed by atoms with van der Waals surface area (Å²) < 4.78 is 25.9. The molecule has 118 valence electrons. The largest absolute Gasteiger partial charge is 0.398 e. The first-order valence-corrected chi connectivity index (χ1v) is 8.89. The number of nitrogen functional groups attached to an aromatic ring is 1. The van der Waals surface area contributed by atoms with Gasteiger partial charge in [-0.25, -0.2) is 13.1 Å². The van der Waals surface area contributed by atoms with Crippen molar-refractivity contribution in [3.8, 4) is 0 Å². The van der Waals surface area contributed by atoms with Gasteiger partial charge in [-0.05, 0) is 56.3 Å². The SMILES string of the molecule is CNS(=O)(=O)c1ccc(NC2CC(C)CC(C)C2)cc1N. The summed E-state index contributed by atoms with van der Waals surface area (Å²) in [6.45, 7) is 4.56. The smallest absolute Gasteiger partial charge is 0.242 e. The van der Waals surface area contributed by atoms with Crippen molar-refractivity contribution in [1.29, 1.82) is 0 Å². The van der Waals surface area contributed by atoms with Gasteiger partial charge in [-0.15, -0.1) is 0 Å². The number of nitrogens with two attached hydrogens (primary N) is 1. The Morgan fingerprint density at radius 1 is 1.14 bits per heavy atom. The van der Waals surface area contributed by atoms with Gasteiger partial charge in [-0.3, -0.25) is 0 Å². The van der Waals surface area contributed by atoms with Gasteiger partial charge in [-0.1, -0.05) is 13.8 Å². The van der Waals surface area contributed by atoms with E-state index in [9.17, 15) is 8.42 Å². The van der Waals surface area contributed by atoms with Crippen molar-refractivity contribution in [2.75, 3.05) is 18.1 Å². The molecule has 6 heteroatoms. The monoisotopic (exact) mass is 311 g/mol. The fourth-order valence-electron chi connectivity index (χ4n) is 3.29. The van der Waals surface area contributed by atoms with E-state index in [0.29, 0.717) is 17.9 Å². The maximum absolute atomic E-state index is 11.8. The Kier molecular flexibility index (Phi) is 4.78. The molecule has 21 heavy (non-hydrogen) atoms. The predicted molar refractivity (Wildman–Crippen MR) is 86.7 cm³/mol. The Morgan fingerprint density at radius 3 is 2.29 bits per heavy atom. The van der Waals surface area contributed by atoms with Crippen molar-refractivity contribution >= 4 is 21.4 Å². The molecule has 1 aliphatic rings. The number of benzene rings is 1. The van der Waals surface area contributed by atoms with Crippen molar-refractivity contribution < 1.29 is 8.42 Å². The van der Waals surface area contributed by atoms with Crippen LogP contribution in [0.4, 0.5) is 11.4 Å². The lowest BCUT2D eigenvalue weighted by Crippen LogP contribution is -2.30. The van der Waals surface area contributed by atoms with E-state index in [-0.39, 0.29) is 10.6 Å². The number of hydrogen-bond donors (Lipinski definition) is 3. The third kappa shape index (κ3) is 3.89. The van der Waals surface area contributed by atoms with E-state index in [1.165, 1.54) is 13.5 Å². The maximum atomic E-state index is 11.8. The molecule has 2 unspecified atom stereocenters. The van der Waals surface area contributed by atoms with Crippen LogP contribution >= 0.6 is 0 Å². The number of rotatable bonds is 4. The molecule has 0 amide bonds. The molecular weight excluding hydrogens is 286 g/mol. The summed E-state index contributed by atoms with van der Waals surface area (Å²) >= 11 is 0. The Hall–Kier alpha value is -1.27. The van der Waals surface area contributed by atoms with E-state index in [2.05, 4.69) is 23.9 Å². The van der Waals surface area contributed by atoms with Crippen LogP contribution in [0.2, 0.25) is 0 Å². The number of anilines is 2. The van der Waals surface area contributed by atoms with E-state index in [1.54, 1.807) is 18.2 Å². The van der Waals surface area contributed by atoms with Gasteiger partial charge in [0.25, 0.3) is 0 Å². The number of hydrogen-bond acceptors (Lipinski definition) is 4. The van der Waals surface area contributed by atoms with Crippen molar-refractivity contribution in [2.45, 2.75) is 44.0 Å². The molecule has 5 nitrogen and oxygen atoms in total. The molecule has 2 atom stereocenters. The minimum Gasteiger partial charge on any atom is -0.398 e. The highest BCUT2D eigenvalue weighted by Crippen LogP contribution is 2.31. The summed E-state index contributed by atoms with van der Waals surface area (Å²) in [6, 6.07) is 5.47. The third-order valence-electron chi connectivity index (χ3n) is 4.12. The Labute approximate surface area is 127 Å². The first kappa shape index (κ1) is 16.1. The minimum atomic E-state index is -3.50. The normalized spacial score (nSPS) is 26.5. The molecule has 0 saturated heterocycles. The molecule has 0 aliphatic heterocycles. The van der Waals surface area contributed by atoms with Crippen LogP contribution in [0.3, 0.4) is 0 Å². The highest BCUT2D eigenvalue weighted by atomic mass is 32.2. The molecule has 0 heterocycles. The summed E-state index contributed by atoms with van der Waals surface area (Å²) in [7, 11) is -2.12. The molecule has 0 bridgehead atoms. The van der Waals surface area contributed by atoms with Crippen molar-refractivity contribution in [1.82, 2.24) is 4.72 Å². The van der Waals surface area contributed by atoms with Gasteiger partial charge in [-0.2, -0.15) is 0 Å². The second kappa shape index (κ2) is 6.23. The van der Waals surface area contributed by atoms with Crippen molar-refractivity contribution in [3.63, 3.8) is 0 Å². The zero-order valence-corrected chi connectivity index (χ0v) is 13.7. The van der Waals surface area contributed by atoms with Crippen LogP contribution in [-0.2, 0) is 10.0 Å². The van der Waals surface area contributed by atoms with E-state index in [0.717, 1.165) is 18.5 Å². The van der Waals surface area contributed by atoms with Crippen LogP contribution in [0.25, 0.3) is 0 Å². The molecule has 1 fully saturated rings. The van der Waals surface area contributed by atoms with Gasteiger partial charge >= 0.3 is 0 Å². The van der Waals surface area contributed by atoms with E-state index in [4.69, 9.17) is 5.73 Å². The second-order valence-corrected chi connectivity index (χ2v) is 8.07. The third-order valence-corrected chi connectivity index (χ3v) is 5.61. The minimum absolute atomic E-state index is 0.126. The topological polar surface area (TPSA) is 84.2 Å². The molecule has 1 aliphatic carbocycles. The molecule has 0 spiro atoms. The van der Waals surface area contributed by atoms with Crippen LogP contribution in [0, 0.1) is 11.8 Å². The molecule has 1 saturated carbocycles. The molecule has 0 aromatic heterocycles. The first-order chi connectivity index (χ1) is 9.81. The van der Waals surface area contributed by atoms with Gasteiger partial charge in [0.1, 0.15) is 4.90 Å². The molecule has 0 radical (unpaired) electrons. The molecule has 4 N–H and O–H groups in total. The second-order valence-electron chi connectivity index (χ2n) is 6.22. The zero-order valence-electron chi connectivity index (χ0n) is 12.9. The molecule has 1 aromatic rings. The summed E-state index contributed by atoms with van der Waals surface area (Å²) in [5.41, 5.74) is 7.04. The summed E-state index contributed by atoms with van der Waals surface area (Å²) in [5.74, 6) is 1.43. The van der Waals surface area contributed by atoms with Crippen molar-refractivity contribution in [2.24, 2.45) is 11.8 Å². The van der Waals surface area contributed by atoms with Crippen LogP contribution in [0.1, 0.15) is 33.1 Å². The lowest BCUT2D eigenvalue weighted by atomic mass is 9.80. The van der Waals surface area contributed by atoms with Crippen molar-refractivity contribution in [3.05, 3.63) is 18.2 Å². The quantitative estimate of drug-likeness (QED) is 0.746. The van der Waals surface area contributed by atoms with Gasteiger partial charge < -0.3 is 11.1 Å². The average Bonchev–Trinajstić information content (AvgIpc) is 2.37. The van der Waals surface area contributed by atoms with Gasteiger partial charge in [0, 0.05) is 11.7 Å². The summed E-state index contributed by atoms with van der Waals surface area (Å²) in [5, 5.41) is 3.48. The fraction of sp³-hybridized carbons (Fsp3) is 0.600. The standard InChI is InChI=1S/C15H25N3O2S/c1-10-6-11(2)8-13(7-10)18-12-4-5-15(14(16)9-12)21(19,20)17-3/h4-5,9-11,13,17-18H,6-8,16H2,1-3H3. The highest BCUT2D eigenvalue weighted by Gasteiger charge is 2.24. The Balaban J connectivity index is 2.14. The maximum Gasteiger partial charge on any atom is 0.242 e. The van der Waals surface area contributed by atoms with E-state index in [1.807, 2.05) is 0 Å². The Morgan fingerprint density at radius 2 is 1.76 bits per heavy atom. The predicted octanol–water partition coefficient (Wildman–Crippen LogP) is 2.41. The van der Waals surface area contributed by atoms with Gasteiger partial charge in [0.05, 0.1) is 5.69 Å². The van der Waals surface area contributed by atoms with Crippen LogP contribution in [0.5, 0.6) is 0 Å². The molecular formula is C15H25N3O2S. The highest BCUT2D eigenvalue weighted by molar-refractivity contribution is 7.89. The lowest BCUT2D eigenvalue weighted by Gasteiger charge is -2.32. The zero-order chi connectivity index (χ0) is 15.6. The summed E-state index contributed by atoms with van der Waals surface area (Å²) in [4.78, 5) is 0.126. The van der Waals surface area contributed by atoms with E-state index >= 15 is 0 Å². The van der Waals surface area contributed by atoms with E-state index < -0.39 is 10.0 Å². The van der Waals surface area contributed by atoms with Crippen LogP contribution in [0.15, 0.2) is 23.1 Å². The molecule has 1 aromatic carbocycles.